The van der Waals surface area contributed by atoms with Crippen LogP contribution in [0, 0.1) is 6.92 Å². The molecule has 1 aliphatic rings. The van der Waals surface area contributed by atoms with Gasteiger partial charge in [-0.1, -0.05) is 12.1 Å². The highest BCUT2D eigenvalue weighted by Gasteiger charge is 2.20. The van der Waals surface area contributed by atoms with Gasteiger partial charge in [0.1, 0.15) is 6.10 Å². The number of nitrogens with one attached hydrogen (secondary N) is 1. The normalized spacial score (nSPS) is 16.7. The third-order valence-corrected chi connectivity index (χ3v) is 3.88. The Kier molecular flexibility index (Phi) is 5.01. The second-order valence-electron chi connectivity index (χ2n) is 5.79. The number of anilines is 1. The number of amides is 1. The zero-order chi connectivity index (χ0) is 16.9. The number of benzene rings is 2. The molecule has 1 saturated heterocycles. The number of aryl methyl sites for hydroxylation is 1. The fourth-order valence-electron chi connectivity index (χ4n) is 2.62. The van der Waals surface area contributed by atoms with Crippen LogP contribution >= 0.6 is 0 Å². The Morgan fingerprint density at radius 1 is 1.21 bits per heavy atom. The second-order valence-corrected chi connectivity index (χ2v) is 5.79. The molecule has 1 fully saturated rings. The van der Waals surface area contributed by atoms with E-state index < -0.39 is 0 Å². The number of ether oxygens (including phenoxy) is 3. The summed E-state index contributed by atoms with van der Waals surface area (Å²) in [5.74, 6) is 0.981. The first-order chi connectivity index (χ1) is 11.7. The van der Waals surface area contributed by atoms with Crippen molar-refractivity contribution in [3.63, 3.8) is 0 Å². The van der Waals surface area contributed by atoms with E-state index in [9.17, 15) is 4.79 Å². The van der Waals surface area contributed by atoms with Crippen LogP contribution in [-0.2, 0) is 4.74 Å². The molecule has 1 unspecified atom stereocenters. The van der Waals surface area contributed by atoms with E-state index in [0.717, 1.165) is 17.7 Å². The van der Waals surface area contributed by atoms with Crippen LogP contribution in [0.5, 0.6) is 11.5 Å². The first-order valence-electron chi connectivity index (χ1n) is 7.96. The lowest BCUT2D eigenvalue weighted by Crippen LogP contribution is -2.17. The van der Waals surface area contributed by atoms with E-state index in [0.29, 0.717) is 30.3 Å². The van der Waals surface area contributed by atoms with Crippen LogP contribution in [0.15, 0.2) is 42.5 Å². The van der Waals surface area contributed by atoms with Crippen LogP contribution in [0.3, 0.4) is 0 Å². The number of carbonyl (C=O) groups excluding carboxylic acids is 1. The zero-order valence-electron chi connectivity index (χ0n) is 13.9. The fourth-order valence-corrected chi connectivity index (χ4v) is 2.62. The van der Waals surface area contributed by atoms with E-state index in [-0.39, 0.29) is 12.0 Å². The third-order valence-electron chi connectivity index (χ3n) is 3.88. The van der Waals surface area contributed by atoms with E-state index in [1.54, 1.807) is 25.3 Å². The van der Waals surface area contributed by atoms with Gasteiger partial charge in [0.15, 0.2) is 11.5 Å². The number of hydrogen-bond acceptors (Lipinski definition) is 4. The molecule has 0 aromatic heterocycles. The molecule has 1 amide bonds. The highest BCUT2D eigenvalue weighted by atomic mass is 16.6. The Bertz CT molecular complexity index is 723. The average Bonchev–Trinajstić information content (AvgIpc) is 3.08. The molecular weight excluding hydrogens is 306 g/mol. The number of methoxy groups -OCH3 is 1. The molecule has 0 aliphatic carbocycles. The van der Waals surface area contributed by atoms with Gasteiger partial charge in [0.2, 0.25) is 0 Å². The highest BCUT2D eigenvalue weighted by Crippen LogP contribution is 2.30. The van der Waals surface area contributed by atoms with Crippen molar-refractivity contribution in [2.24, 2.45) is 0 Å². The minimum atomic E-state index is -0.184. The van der Waals surface area contributed by atoms with Gasteiger partial charge >= 0.3 is 0 Å². The van der Waals surface area contributed by atoms with Crippen LogP contribution in [0.2, 0.25) is 0 Å². The summed E-state index contributed by atoms with van der Waals surface area (Å²) in [7, 11) is 1.58. The molecule has 3 rings (SSSR count). The molecule has 0 radical (unpaired) electrons. The molecule has 1 aliphatic heterocycles. The van der Waals surface area contributed by atoms with Gasteiger partial charge in [0, 0.05) is 17.7 Å². The maximum absolute atomic E-state index is 12.5. The van der Waals surface area contributed by atoms with E-state index in [1.165, 1.54) is 0 Å². The standard InChI is InChI=1S/C19H21NO4/c1-13-4-3-5-15(10-13)20-19(21)14-6-7-17(22-2)18(11-14)24-16-8-9-23-12-16/h3-7,10-11,16H,8-9,12H2,1-2H3,(H,20,21). The van der Waals surface area contributed by atoms with Crippen molar-refractivity contribution in [1.29, 1.82) is 0 Å². The lowest BCUT2D eigenvalue weighted by molar-refractivity contribution is 0.102. The highest BCUT2D eigenvalue weighted by molar-refractivity contribution is 6.04. The zero-order valence-corrected chi connectivity index (χ0v) is 13.9. The van der Waals surface area contributed by atoms with Crippen molar-refractivity contribution in [3.8, 4) is 11.5 Å². The molecule has 2 aromatic rings. The van der Waals surface area contributed by atoms with Crippen molar-refractivity contribution in [2.45, 2.75) is 19.4 Å². The summed E-state index contributed by atoms with van der Waals surface area (Å²) in [5.41, 5.74) is 2.38. The lowest BCUT2D eigenvalue weighted by Gasteiger charge is -2.16. The minimum absolute atomic E-state index is 0.00557. The molecule has 5 heteroatoms. The SMILES string of the molecule is COc1ccc(C(=O)Nc2cccc(C)c2)cc1OC1CCOC1. The molecule has 1 N–H and O–H groups in total. The molecule has 126 valence electrons. The molecule has 2 aromatic carbocycles. The third kappa shape index (κ3) is 3.86. The Morgan fingerprint density at radius 2 is 2.08 bits per heavy atom. The van der Waals surface area contributed by atoms with Gasteiger partial charge in [-0.15, -0.1) is 0 Å². The van der Waals surface area contributed by atoms with Gasteiger partial charge in [-0.05, 0) is 42.8 Å². The Labute approximate surface area is 141 Å². The number of hydrogen-bond donors (Lipinski definition) is 1. The maximum atomic E-state index is 12.5. The predicted octanol–water partition coefficient (Wildman–Crippen LogP) is 3.42. The van der Waals surface area contributed by atoms with Gasteiger partial charge in [-0.3, -0.25) is 4.79 Å². The minimum Gasteiger partial charge on any atom is -0.493 e. The van der Waals surface area contributed by atoms with Crippen LogP contribution in [0.25, 0.3) is 0 Å². The summed E-state index contributed by atoms with van der Waals surface area (Å²) in [5, 5.41) is 2.90. The first kappa shape index (κ1) is 16.3. The molecule has 24 heavy (non-hydrogen) atoms. The van der Waals surface area contributed by atoms with E-state index in [1.807, 2.05) is 31.2 Å². The summed E-state index contributed by atoms with van der Waals surface area (Å²) < 4.78 is 16.6. The molecule has 0 saturated carbocycles. The van der Waals surface area contributed by atoms with Crippen LogP contribution in [-0.4, -0.2) is 32.3 Å². The smallest absolute Gasteiger partial charge is 0.255 e. The van der Waals surface area contributed by atoms with E-state index in [4.69, 9.17) is 14.2 Å². The summed E-state index contributed by atoms with van der Waals surface area (Å²) >= 11 is 0. The summed E-state index contributed by atoms with van der Waals surface area (Å²) in [4.78, 5) is 12.5. The predicted molar refractivity (Wildman–Crippen MR) is 92.0 cm³/mol. The maximum Gasteiger partial charge on any atom is 0.255 e. The Hall–Kier alpha value is -2.53. The van der Waals surface area contributed by atoms with Crippen molar-refractivity contribution < 1.29 is 19.0 Å². The second kappa shape index (κ2) is 7.36. The van der Waals surface area contributed by atoms with E-state index >= 15 is 0 Å². The van der Waals surface area contributed by atoms with Crippen molar-refractivity contribution in [2.75, 3.05) is 25.6 Å². The molecule has 5 nitrogen and oxygen atoms in total. The van der Waals surface area contributed by atoms with Gasteiger partial charge < -0.3 is 19.5 Å². The van der Waals surface area contributed by atoms with Crippen LogP contribution in [0.1, 0.15) is 22.3 Å². The monoisotopic (exact) mass is 327 g/mol. The van der Waals surface area contributed by atoms with Gasteiger partial charge in [-0.2, -0.15) is 0 Å². The molecular formula is C19H21NO4. The van der Waals surface area contributed by atoms with E-state index in [2.05, 4.69) is 5.32 Å². The number of carbonyl (C=O) groups is 1. The van der Waals surface area contributed by atoms with Crippen molar-refractivity contribution in [3.05, 3.63) is 53.6 Å². The first-order valence-corrected chi connectivity index (χ1v) is 7.96. The lowest BCUT2D eigenvalue weighted by atomic mass is 10.1. The van der Waals surface area contributed by atoms with Crippen LogP contribution in [0.4, 0.5) is 5.69 Å². The molecule has 1 atom stereocenters. The Morgan fingerprint density at radius 3 is 2.79 bits per heavy atom. The summed E-state index contributed by atoms with van der Waals surface area (Å²) in [6, 6.07) is 12.9. The summed E-state index contributed by atoms with van der Waals surface area (Å²) in [6.45, 7) is 3.24. The van der Waals surface area contributed by atoms with Crippen molar-refractivity contribution >= 4 is 11.6 Å². The van der Waals surface area contributed by atoms with Gasteiger partial charge in [0.25, 0.3) is 5.91 Å². The largest absolute Gasteiger partial charge is 0.493 e. The molecule has 0 bridgehead atoms. The average molecular weight is 327 g/mol. The van der Waals surface area contributed by atoms with Crippen molar-refractivity contribution in [1.82, 2.24) is 0 Å². The Balaban J connectivity index is 1.78. The van der Waals surface area contributed by atoms with Crippen LogP contribution < -0.4 is 14.8 Å². The number of rotatable bonds is 5. The molecule has 1 heterocycles. The molecule has 0 spiro atoms. The van der Waals surface area contributed by atoms with Gasteiger partial charge in [-0.25, -0.2) is 0 Å². The topological polar surface area (TPSA) is 56.8 Å². The van der Waals surface area contributed by atoms with Gasteiger partial charge in [0.05, 0.1) is 20.3 Å². The summed E-state index contributed by atoms with van der Waals surface area (Å²) in [6.07, 6.45) is 0.831. The quantitative estimate of drug-likeness (QED) is 0.914. The fraction of sp³-hybridized carbons (Fsp3) is 0.316.